The van der Waals surface area contributed by atoms with Gasteiger partial charge in [-0.05, 0) is 31.9 Å². The van der Waals surface area contributed by atoms with Gasteiger partial charge in [0.05, 0.1) is 6.10 Å². The van der Waals surface area contributed by atoms with Gasteiger partial charge in [-0.1, -0.05) is 13.0 Å². The Hall–Kier alpha value is -1.76. The number of nitrogens with one attached hydrogen (secondary N) is 1. The molecule has 1 aliphatic rings. The van der Waals surface area contributed by atoms with Gasteiger partial charge in [0.1, 0.15) is 6.04 Å². The predicted octanol–water partition coefficient (Wildman–Crippen LogP) is 1.02. The summed E-state index contributed by atoms with van der Waals surface area (Å²) in [6.07, 6.45) is 3.74. The minimum absolute atomic E-state index is 0.0399. The first-order valence-corrected chi connectivity index (χ1v) is 6.99. The van der Waals surface area contributed by atoms with E-state index in [1.165, 1.54) is 0 Å². The van der Waals surface area contributed by atoms with Crippen LogP contribution in [-0.2, 0) is 9.53 Å². The van der Waals surface area contributed by atoms with Crippen molar-refractivity contribution in [2.24, 2.45) is 0 Å². The molecule has 2 unspecified atom stereocenters. The molecular formula is C13H21N5O2. The van der Waals surface area contributed by atoms with Gasteiger partial charge in [-0.25, -0.2) is 0 Å². The summed E-state index contributed by atoms with van der Waals surface area (Å²) in [4.78, 5) is 14.2. The van der Waals surface area contributed by atoms with Gasteiger partial charge in [-0.2, -0.15) is 5.21 Å². The zero-order valence-electron chi connectivity index (χ0n) is 12.2. The number of rotatable bonds is 5. The van der Waals surface area contributed by atoms with Crippen molar-refractivity contribution in [3.63, 3.8) is 0 Å². The van der Waals surface area contributed by atoms with Gasteiger partial charge in [-0.15, -0.1) is 10.2 Å². The minimum Gasteiger partial charge on any atom is -0.462 e. The molecule has 0 spiro atoms. The topological polar surface area (TPSA) is 84.0 Å². The molecule has 0 amide bonds. The molecule has 1 aromatic heterocycles. The van der Waals surface area contributed by atoms with E-state index in [9.17, 15) is 4.79 Å². The Morgan fingerprint density at radius 1 is 1.55 bits per heavy atom. The van der Waals surface area contributed by atoms with E-state index in [1.807, 2.05) is 20.8 Å². The highest BCUT2D eigenvalue weighted by atomic mass is 16.5. The van der Waals surface area contributed by atoms with Gasteiger partial charge >= 0.3 is 5.97 Å². The lowest BCUT2D eigenvalue weighted by Gasteiger charge is -2.31. The SMILES string of the molecule is CCC(C)OC(=O)C(C)N1CCC=C(c2nn[nH]n2)C1. The fraction of sp³-hybridized carbons (Fsp3) is 0.692. The van der Waals surface area contributed by atoms with Crippen LogP contribution in [0.25, 0.3) is 5.57 Å². The molecule has 110 valence electrons. The van der Waals surface area contributed by atoms with Crippen LogP contribution in [0.3, 0.4) is 0 Å². The summed E-state index contributed by atoms with van der Waals surface area (Å²) in [6, 6.07) is -0.264. The van der Waals surface area contributed by atoms with E-state index < -0.39 is 0 Å². The van der Waals surface area contributed by atoms with Crippen LogP contribution < -0.4 is 0 Å². The molecule has 0 aromatic carbocycles. The standard InChI is InChI=1S/C13H21N5O2/c1-4-9(2)20-13(19)10(3)18-7-5-6-11(8-18)12-14-16-17-15-12/h6,9-10H,4-5,7-8H2,1-3H3,(H,14,15,16,17). The van der Waals surface area contributed by atoms with Gasteiger partial charge in [0.25, 0.3) is 0 Å². The van der Waals surface area contributed by atoms with Crippen LogP contribution in [0.1, 0.15) is 39.4 Å². The number of tetrazole rings is 1. The number of hydrogen-bond acceptors (Lipinski definition) is 6. The molecule has 0 fully saturated rings. The van der Waals surface area contributed by atoms with E-state index in [2.05, 4.69) is 31.6 Å². The molecule has 20 heavy (non-hydrogen) atoms. The molecule has 0 saturated carbocycles. The van der Waals surface area contributed by atoms with E-state index in [1.54, 1.807) is 0 Å². The van der Waals surface area contributed by atoms with Gasteiger partial charge in [0.2, 0.25) is 5.82 Å². The number of aromatic amines is 1. The molecule has 1 N–H and O–H groups in total. The number of hydrogen-bond donors (Lipinski definition) is 1. The Kier molecular flexibility index (Phi) is 4.84. The number of esters is 1. The van der Waals surface area contributed by atoms with Crippen LogP contribution in [0.2, 0.25) is 0 Å². The summed E-state index contributed by atoms with van der Waals surface area (Å²) in [5, 5.41) is 14.0. The molecule has 0 aliphatic carbocycles. The maximum absolute atomic E-state index is 12.1. The molecule has 7 nitrogen and oxygen atoms in total. The van der Waals surface area contributed by atoms with Crippen LogP contribution in [0.15, 0.2) is 6.08 Å². The van der Waals surface area contributed by atoms with Crippen LogP contribution in [-0.4, -0.2) is 56.7 Å². The van der Waals surface area contributed by atoms with Gasteiger partial charge in [0.15, 0.2) is 0 Å². The zero-order chi connectivity index (χ0) is 14.5. The molecule has 0 bridgehead atoms. The number of ether oxygens (including phenoxy) is 1. The first kappa shape index (κ1) is 14.6. The molecule has 7 heteroatoms. The van der Waals surface area contributed by atoms with Crippen LogP contribution in [0.5, 0.6) is 0 Å². The number of H-pyrrole nitrogens is 1. The average Bonchev–Trinajstić information content (AvgIpc) is 3.00. The summed E-state index contributed by atoms with van der Waals surface area (Å²) < 4.78 is 5.39. The third-order valence-electron chi connectivity index (χ3n) is 3.59. The molecule has 0 radical (unpaired) electrons. The Balaban J connectivity index is 1.96. The maximum Gasteiger partial charge on any atom is 0.323 e. The smallest absolute Gasteiger partial charge is 0.323 e. The van der Waals surface area contributed by atoms with Crippen molar-refractivity contribution in [2.75, 3.05) is 13.1 Å². The molecular weight excluding hydrogens is 258 g/mol. The van der Waals surface area contributed by atoms with Crippen molar-refractivity contribution in [1.82, 2.24) is 25.5 Å². The van der Waals surface area contributed by atoms with Gasteiger partial charge in [0, 0.05) is 18.7 Å². The summed E-state index contributed by atoms with van der Waals surface area (Å²) in [5.41, 5.74) is 0.994. The maximum atomic E-state index is 12.1. The fourth-order valence-corrected chi connectivity index (χ4v) is 2.09. The first-order chi connectivity index (χ1) is 9.61. The number of nitrogens with zero attached hydrogens (tertiary/aromatic N) is 4. The average molecular weight is 279 g/mol. The number of aromatic nitrogens is 4. The molecule has 2 atom stereocenters. The first-order valence-electron chi connectivity index (χ1n) is 6.99. The van der Waals surface area contributed by atoms with Crippen molar-refractivity contribution in [3.8, 4) is 0 Å². The molecule has 0 saturated heterocycles. The lowest BCUT2D eigenvalue weighted by Crippen LogP contribution is -2.43. The second-order valence-electron chi connectivity index (χ2n) is 5.06. The highest BCUT2D eigenvalue weighted by molar-refractivity contribution is 5.76. The summed E-state index contributed by atoms with van der Waals surface area (Å²) in [7, 11) is 0. The van der Waals surface area contributed by atoms with Crippen molar-refractivity contribution in [2.45, 2.75) is 45.8 Å². The van der Waals surface area contributed by atoms with Crippen LogP contribution in [0.4, 0.5) is 0 Å². The van der Waals surface area contributed by atoms with E-state index in [4.69, 9.17) is 4.74 Å². The van der Waals surface area contributed by atoms with Crippen LogP contribution in [0, 0.1) is 0 Å². The highest BCUT2D eigenvalue weighted by Gasteiger charge is 2.27. The Morgan fingerprint density at radius 3 is 3.00 bits per heavy atom. The lowest BCUT2D eigenvalue weighted by atomic mass is 10.1. The monoisotopic (exact) mass is 279 g/mol. The third kappa shape index (κ3) is 3.41. The number of carbonyl (C=O) groups excluding carboxylic acids is 1. The third-order valence-corrected chi connectivity index (χ3v) is 3.59. The quantitative estimate of drug-likeness (QED) is 0.810. The lowest BCUT2D eigenvalue weighted by molar-refractivity contribution is -0.154. The van der Waals surface area contributed by atoms with Crippen molar-refractivity contribution in [1.29, 1.82) is 0 Å². The second-order valence-corrected chi connectivity index (χ2v) is 5.06. The molecule has 2 rings (SSSR count). The molecule has 2 heterocycles. The summed E-state index contributed by atoms with van der Waals surface area (Å²) >= 11 is 0. The largest absolute Gasteiger partial charge is 0.462 e. The fourth-order valence-electron chi connectivity index (χ4n) is 2.09. The molecule has 1 aliphatic heterocycles. The predicted molar refractivity (Wildman–Crippen MR) is 73.7 cm³/mol. The Labute approximate surface area is 118 Å². The van der Waals surface area contributed by atoms with E-state index in [-0.39, 0.29) is 18.1 Å². The minimum atomic E-state index is -0.264. The Morgan fingerprint density at radius 2 is 2.35 bits per heavy atom. The second kappa shape index (κ2) is 6.60. The van der Waals surface area contributed by atoms with E-state index in [0.29, 0.717) is 12.4 Å². The van der Waals surface area contributed by atoms with E-state index in [0.717, 1.165) is 25.0 Å². The summed E-state index contributed by atoms with van der Waals surface area (Å²) in [6.45, 7) is 7.25. The van der Waals surface area contributed by atoms with Crippen molar-refractivity contribution >= 4 is 11.5 Å². The normalized spacial score (nSPS) is 19.2. The highest BCUT2D eigenvalue weighted by Crippen LogP contribution is 2.19. The zero-order valence-corrected chi connectivity index (χ0v) is 12.2. The molecule has 1 aromatic rings. The van der Waals surface area contributed by atoms with Crippen molar-refractivity contribution < 1.29 is 9.53 Å². The number of carbonyl (C=O) groups is 1. The van der Waals surface area contributed by atoms with Crippen molar-refractivity contribution in [3.05, 3.63) is 11.9 Å². The van der Waals surface area contributed by atoms with E-state index >= 15 is 0 Å². The van der Waals surface area contributed by atoms with Gasteiger partial charge < -0.3 is 4.74 Å². The van der Waals surface area contributed by atoms with Crippen LogP contribution >= 0.6 is 0 Å². The van der Waals surface area contributed by atoms with Gasteiger partial charge in [-0.3, -0.25) is 9.69 Å². The summed E-state index contributed by atoms with van der Waals surface area (Å²) in [5.74, 6) is 0.422. The Bertz CT molecular complexity index is 471.